The summed E-state index contributed by atoms with van der Waals surface area (Å²) in [4.78, 5) is 51.2. The molecular formula is C44H62FNO7. The topological polar surface area (TPSA) is 130 Å². The van der Waals surface area contributed by atoms with Crippen LogP contribution in [0.5, 0.6) is 0 Å². The highest BCUT2D eigenvalue weighted by atomic mass is 19.1. The number of nitrogens with one attached hydrogen (secondary N) is 1. The van der Waals surface area contributed by atoms with Crippen molar-refractivity contribution in [3.8, 4) is 0 Å². The van der Waals surface area contributed by atoms with Crippen LogP contribution in [0.1, 0.15) is 142 Å². The second kappa shape index (κ2) is 13.2. The average Bonchev–Trinajstić information content (AvgIpc) is 3.47. The van der Waals surface area contributed by atoms with Gasteiger partial charge < -0.3 is 20.3 Å². The van der Waals surface area contributed by atoms with E-state index in [4.69, 9.17) is 4.74 Å². The number of hydrogen-bond donors (Lipinski definition) is 3. The third kappa shape index (κ3) is 6.05. The van der Waals surface area contributed by atoms with E-state index >= 15 is 0 Å². The zero-order valence-electron chi connectivity index (χ0n) is 33.2. The molecule has 3 N–H and O–H groups in total. The molecule has 53 heavy (non-hydrogen) atoms. The van der Waals surface area contributed by atoms with Gasteiger partial charge in [0.2, 0.25) is 5.91 Å². The van der Waals surface area contributed by atoms with Gasteiger partial charge in [-0.1, -0.05) is 52.8 Å². The van der Waals surface area contributed by atoms with Crippen LogP contribution in [0.2, 0.25) is 0 Å². The van der Waals surface area contributed by atoms with Crippen LogP contribution in [-0.4, -0.2) is 40.1 Å². The van der Waals surface area contributed by atoms with Gasteiger partial charge in [0.1, 0.15) is 11.9 Å². The van der Waals surface area contributed by atoms with Gasteiger partial charge in [-0.25, -0.2) is 9.18 Å². The molecule has 0 aliphatic heterocycles. The lowest BCUT2D eigenvalue weighted by atomic mass is 9.32. The van der Waals surface area contributed by atoms with E-state index in [9.17, 15) is 33.8 Å². The maximum absolute atomic E-state index is 14.5. The standard InChI is InChI=1S/C44H62FNO7/c1-25(2)28-14-19-44(37(50)46-24-26-10-11-27(45)22-29(26)36(48)49)21-20-42(8)30(35(28)44)12-13-32-41(7)17-16-33(53-34(47)23-39(3,4)38(51)52)40(5,6)31(41)15-18-43(32,42)9/h10-11,22,28,30-33,35H,1,12-21,23-24H2,2-9H3,(H,46,50)(H,48,49)(H,51,52)/t28-,30?,31?,32?,33?,35?,41-,42+,43+,44-/m0/s1. The van der Waals surface area contributed by atoms with E-state index in [1.54, 1.807) is 13.8 Å². The number of halogens is 1. The number of hydrogen-bond acceptors (Lipinski definition) is 5. The molecule has 0 spiro atoms. The Morgan fingerprint density at radius 3 is 2.25 bits per heavy atom. The molecule has 9 heteroatoms. The number of carbonyl (C=O) groups is 4. The largest absolute Gasteiger partial charge is 0.481 e. The number of amides is 1. The van der Waals surface area contributed by atoms with Crippen molar-refractivity contribution in [1.82, 2.24) is 5.32 Å². The lowest BCUT2D eigenvalue weighted by molar-refractivity contribution is -0.249. The van der Waals surface area contributed by atoms with Gasteiger partial charge in [-0.3, -0.25) is 14.4 Å². The lowest BCUT2D eigenvalue weighted by Gasteiger charge is -2.72. The molecule has 5 unspecified atom stereocenters. The van der Waals surface area contributed by atoms with Crippen LogP contribution in [0.25, 0.3) is 0 Å². The quantitative estimate of drug-likeness (QED) is 0.170. The smallest absolute Gasteiger partial charge is 0.336 e. The van der Waals surface area contributed by atoms with E-state index in [-0.39, 0.29) is 64.0 Å². The summed E-state index contributed by atoms with van der Waals surface area (Å²) in [5.74, 6) is -1.79. The van der Waals surface area contributed by atoms with Gasteiger partial charge in [-0.15, -0.1) is 0 Å². The second-order valence-corrected chi connectivity index (χ2v) is 19.8. The zero-order chi connectivity index (χ0) is 39.1. The van der Waals surface area contributed by atoms with E-state index in [1.807, 2.05) is 0 Å². The SMILES string of the molecule is C=C(C)[C@@H]1CC[C@]2(C(=O)NCc3ccc(F)cc3C(=O)O)CC[C@]3(C)C(CCC4[C@@]5(C)CCC(OC(=O)CC(C)(C)C(=O)O)C(C)(C)C5CC[C@]43C)C12. The summed E-state index contributed by atoms with van der Waals surface area (Å²) in [5, 5.41) is 22.5. The fourth-order valence-corrected chi connectivity index (χ4v) is 13.6. The molecule has 5 aliphatic rings. The number of aromatic carboxylic acids is 1. The third-order valence-electron chi connectivity index (χ3n) is 16.6. The summed E-state index contributed by atoms with van der Waals surface area (Å²) in [6.45, 7) is 21.8. The second-order valence-electron chi connectivity index (χ2n) is 19.8. The number of allylic oxidation sites excluding steroid dienone is 1. The molecule has 292 valence electrons. The highest BCUT2D eigenvalue weighted by molar-refractivity contribution is 5.90. The first-order valence-electron chi connectivity index (χ1n) is 19.9. The average molecular weight is 736 g/mol. The molecule has 6 rings (SSSR count). The van der Waals surface area contributed by atoms with Crippen molar-refractivity contribution in [2.24, 2.45) is 62.1 Å². The summed E-state index contributed by atoms with van der Waals surface area (Å²) in [7, 11) is 0. The highest BCUT2D eigenvalue weighted by Gasteiger charge is 2.72. The third-order valence-corrected chi connectivity index (χ3v) is 16.6. The van der Waals surface area contributed by atoms with Crippen molar-refractivity contribution >= 4 is 23.8 Å². The Hall–Kier alpha value is -3.23. The fourth-order valence-electron chi connectivity index (χ4n) is 13.6. The summed E-state index contributed by atoms with van der Waals surface area (Å²) in [5.41, 5.74) is -0.541. The predicted octanol–water partition coefficient (Wildman–Crippen LogP) is 9.21. The van der Waals surface area contributed by atoms with Crippen molar-refractivity contribution < 1.29 is 38.5 Å². The molecule has 0 bridgehead atoms. The lowest BCUT2D eigenvalue weighted by Crippen LogP contribution is -2.67. The molecule has 5 saturated carbocycles. The van der Waals surface area contributed by atoms with Gasteiger partial charge in [0.25, 0.3) is 0 Å². The van der Waals surface area contributed by atoms with Crippen molar-refractivity contribution in [2.45, 2.75) is 139 Å². The Kier molecular flexibility index (Phi) is 9.84. The van der Waals surface area contributed by atoms with E-state index in [0.717, 1.165) is 75.8 Å². The molecule has 0 radical (unpaired) electrons. The molecule has 0 saturated heterocycles. The normalized spacial score (nSPS) is 38.7. The van der Waals surface area contributed by atoms with E-state index in [0.29, 0.717) is 23.3 Å². The number of carboxylic acid groups (broad SMARTS) is 2. The van der Waals surface area contributed by atoms with Crippen LogP contribution < -0.4 is 5.32 Å². The first kappa shape index (κ1) is 39.5. The number of carboxylic acids is 2. The van der Waals surface area contributed by atoms with Crippen molar-refractivity contribution in [1.29, 1.82) is 0 Å². The van der Waals surface area contributed by atoms with E-state index in [1.165, 1.54) is 12.1 Å². The van der Waals surface area contributed by atoms with Gasteiger partial charge in [0.05, 0.1) is 22.8 Å². The Balaban J connectivity index is 1.25. The highest BCUT2D eigenvalue weighted by Crippen LogP contribution is 2.77. The zero-order valence-corrected chi connectivity index (χ0v) is 33.2. The Labute approximate surface area is 315 Å². The van der Waals surface area contributed by atoms with Gasteiger partial charge in [-0.2, -0.15) is 0 Å². The summed E-state index contributed by atoms with van der Waals surface area (Å²) >= 11 is 0. The van der Waals surface area contributed by atoms with Crippen LogP contribution in [0.3, 0.4) is 0 Å². The van der Waals surface area contributed by atoms with Crippen LogP contribution in [0.4, 0.5) is 4.39 Å². The van der Waals surface area contributed by atoms with Crippen molar-refractivity contribution in [3.05, 3.63) is 47.3 Å². The first-order valence-corrected chi connectivity index (χ1v) is 19.9. The Morgan fingerprint density at radius 2 is 1.60 bits per heavy atom. The van der Waals surface area contributed by atoms with Crippen LogP contribution in [0, 0.1) is 67.9 Å². The maximum Gasteiger partial charge on any atom is 0.336 e. The number of ether oxygens (including phenoxy) is 1. The number of benzene rings is 1. The number of esters is 1. The molecule has 0 heterocycles. The minimum absolute atomic E-state index is 0.000308. The number of aliphatic carboxylic acids is 1. The summed E-state index contributed by atoms with van der Waals surface area (Å²) in [6, 6.07) is 3.71. The number of fused-ring (bicyclic) bond motifs is 7. The Morgan fingerprint density at radius 1 is 0.906 bits per heavy atom. The fraction of sp³-hybridized carbons (Fsp3) is 0.727. The van der Waals surface area contributed by atoms with Gasteiger partial charge in [-0.05, 0) is 149 Å². The molecule has 1 aromatic rings. The van der Waals surface area contributed by atoms with E-state index < -0.39 is 34.6 Å². The van der Waals surface area contributed by atoms with Gasteiger partial charge >= 0.3 is 17.9 Å². The molecule has 8 nitrogen and oxygen atoms in total. The molecule has 1 amide bonds. The van der Waals surface area contributed by atoms with Crippen LogP contribution in [0.15, 0.2) is 30.4 Å². The monoisotopic (exact) mass is 735 g/mol. The maximum atomic E-state index is 14.5. The molecule has 5 fully saturated rings. The minimum Gasteiger partial charge on any atom is -0.481 e. The summed E-state index contributed by atoms with van der Waals surface area (Å²) in [6.07, 6.45) is 8.89. The van der Waals surface area contributed by atoms with Crippen LogP contribution >= 0.6 is 0 Å². The molecular weight excluding hydrogens is 673 g/mol. The van der Waals surface area contributed by atoms with Crippen molar-refractivity contribution in [3.63, 3.8) is 0 Å². The van der Waals surface area contributed by atoms with Crippen molar-refractivity contribution in [2.75, 3.05) is 0 Å². The van der Waals surface area contributed by atoms with Gasteiger partial charge in [0, 0.05) is 12.0 Å². The molecule has 5 aliphatic carbocycles. The van der Waals surface area contributed by atoms with Crippen LogP contribution in [-0.2, 0) is 25.7 Å². The number of rotatable bonds is 9. The minimum atomic E-state index is -1.22. The molecule has 10 atom stereocenters. The molecule has 0 aromatic heterocycles. The van der Waals surface area contributed by atoms with E-state index in [2.05, 4.69) is 53.4 Å². The number of carbonyl (C=O) groups excluding carboxylic acids is 2. The summed E-state index contributed by atoms with van der Waals surface area (Å²) < 4.78 is 20.1. The van der Waals surface area contributed by atoms with Gasteiger partial charge in [0.15, 0.2) is 0 Å². The predicted molar refractivity (Wildman–Crippen MR) is 200 cm³/mol. The molecule has 1 aromatic carbocycles. The first-order chi connectivity index (χ1) is 24.5. The Bertz CT molecular complexity index is 1700.